The molecule has 4 rings (SSSR count). The van der Waals surface area contributed by atoms with Gasteiger partial charge >= 0.3 is 6.18 Å². The highest BCUT2D eigenvalue weighted by molar-refractivity contribution is 6.34. The molecule has 0 fully saturated rings. The highest BCUT2D eigenvalue weighted by Crippen LogP contribution is 2.52. The van der Waals surface area contributed by atoms with Gasteiger partial charge in [0.25, 0.3) is 11.8 Å². The van der Waals surface area contributed by atoms with Crippen LogP contribution in [0.2, 0.25) is 5.02 Å². The zero-order chi connectivity index (χ0) is 25.1. The van der Waals surface area contributed by atoms with Crippen molar-refractivity contribution in [1.82, 2.24) is 5.32 Å². The number of benzene rings is 2. The Hall–Kier alpha value is -3.13. The second-order valence-electron chi connectivity index (χ2n) is 9.42. The van der Waals surface area contributed by atoms with Gasteiger partial charge in [0.05, 0.1) is 16.2 Å². The fraction of sp³-hybridized carbons (Fsp3) is 0.320. The first-order valence-electron chi connectivity index (χ1n) is 10.6. The topological polar surface area (TPSA) is 66.5 Å². The van der Waals surface area contributed by atoms with Crippen LogP contribution >= 0.6 is 11.6 Å². The molecule has 1 aliphatic heterocycles. The van der Waals surface area contributed by atoms with Crippen molar-refractivity contribution in [2.45, 2.75) is 45.3 Å². The minimum Gasteiger partial charge on any atom is -0.326 e. The summed E-state index contributed by atoms with van der Waals surface area (Å²) in [6.07, 6.45) is -5.44. The summed E-state index contributed by atoms with van der Waals surface area (Å²) >= 11 is 6.03. The highest BCUT2D eigenvalue weighted by atomic mass is 35.5. The summed E-state index contributed by atoms with van der Waals surface area (Å²) in [5.41, 5.74) is -4.19. The highest BCUT2D eigenvalue weighted by Gasteiger charge is 2.72. The van der Waals surface area contributed by atoms with Gasteiger partial charge in [-0.15, -0.1) is 0 Å². The van der Waals surface area contributed by atoms with E-state index in [1.807, 2.05) is 5.32 Å². The Labute approximate surface area is 199 Å². The van der Waals surface area contributed by atoms with Gasteiger partial charge < -0.3 is 5.32 Å². The number of Topliss-reactive ketones (excluding diaryl/α,β-unsaturated/α-hetero) is 1. The van der Waals surface area contributed by atoms with E-state index in [-0.39, 0.29) is 34.8 Å². The molecule has 0 saturated carbocycles. The van der Waals surface area contributed by atoms with E-state index in [0.717, 1.165) is 10.5 Å². The van der Waals surface area contributed by atoms with E-state index in [9.17, 15) is 27.6 Å². The smallest absolute Gasteiger partial charge is 0.326 e. The number of anilines is 1. The summed E-state index contributed by atoms with van der Waals surface area (Å²) in [5, 5.41) is 1.81. The average molecular weight is 491 g/mol. The molecule has 2 aromatic carbocycles. The molecule has 1 atom stereocenters. The molecule has 2 aromatic rings. The van der Waals surface area contributed by atoms with Crippen LogP contribution in [0.1, 0.15) is 42.6 Å². The summed E-state index contributed by atoms with van der Waals surface area (Å²) in [4.78, 5) is 40.8. The normalized spacial score (nSPS) is 22.1. The van der Waals surface area contributed by atoms with Gasteiger partial charge in [0.2, 0.25) is 5.54 Å². The number of hydrogen-bond acceptors (Lipinski definition) is 3. The minimum absolute atomic E-state index is 0.0491. The standard InChI is InChI=1S/C25H22ClF3N2O3/c1-14-8-10-15(11-9-14)31-18-12-23(2,3)13-19(32)20(18)24(22(31)34,25(27,28)29)30-21(33)16-6-4-5-7-17(16)26/h4-11H,12-13H2,1-3H3,(H,30,33)/t24-/m0/s1. The number of carbonyl (C=O) groups excluding carboxylic acids is 3. The lowest BCUT2D eigenvalue weighted by Gasteiger charge is -2.35. The molecule has 2 aliphatic rings. The van der Waals surface area contributed by atoms with Gasteiger partial charge in [0.1, 0.15) is 0 Å². The van der Waals surface area contributed by atoms with Gasteiger partial charge in [0.15, 0.2) is 5.78 Å². The summed E-state index contributed by atoms with van der Waals surface area (Å²) in [5.74, 6) is -3.47. The van der Waals surface area contributed by atoms with Gasteiger partial charge in [-0.05, 0) is 43.0 Å². The van der Waals surface area contributed by atoms with E-state index in [1.54, 1.807) is 32.9 Å². The first-order chi connectivity index (χ1) is 15.8. The molecule has 0 saturated heterocycles. The predicted octanol–water partition coefficient (Wildman–Crippen LogP) is 5.37. The van der Waals surface area contributed by atoms with E-state index >= 15 is 0 Å². The molecule has 178 valence electrons. The Morgan fingerprint density at radius 2 is 1.65 bits per heavy atom. The van der Waals surface area contributed by atoms with E-state index < -0.39 is 40.3 Å². The molecule has 1 heterocycles. The molecule has 0 bridgehead atoms. The molecule has 1 aliphatic carbocycles. The van der Waals surface area contributed by atoms with Gasteiger partial charge in [-0.25, -0.2) is 0 Å². The number of rotatable bonds is 3. The van der Waals surface area contributed by atoms with Crippen LogP contribution in [-0.4, -0.2) is 29.3 Å². The first-order valence-corrected chi connectivity index (χ1v) is 11.0. The third kappa shape index (κ3) is 3.70. The van der Waals surface area contributed by atoms with Gasteiger partial charge in [0, 0.05) is 17.8 Å². The molecule has 0 radical (unpaired) electrons. The molecule has 1 N–H and O–H groups in total. The Balaban J connectivity index is 1.95. The van der Waals surface area contributed by atoms with Crippen LogP contribution in [0, 0.1) is 12.3 Å². The van der Waals surface area contributed by atoms with Crippen LogP contribution in [0.4, 0.5) is 18.9 Å². The second-order valence-corrected chi connectivity index (χ2v) is 9.83. The van der Waals surface area contributed by atoms with E-state index in [1.165, 1.54) is 36.4 Å². The number of allylic oxidation sites excluding steroid dienone is 1. The summed E-state index contributed by atoms with van der Waals surface area (Å²) < 4.78 is 44.6. The molecular formula is C25H22ClF3N2O3. The Bertz CT molecular complexity index is 1230. The quantitative estimate of drug-likeness (QED) is 0.629. The molecule has 5 nitrogen and oxygen atoms in total. The fourth-order valence-corrected chi connectivity index (χ4v) is 4.82. The first kappa shape index (κ1) is 24.0. The van der Waals surface area contributed by atoms with Crippen LogP contribution < -0.4 is 10.2 Å². The van der Waals surface area contributed by atoms with E-state index in [2.05, 4.69) is 0 Å². The Morgan fingerprint density at radius 3 is 2.24 bits per heavy atom. The van der Waals surface area contributed by atoms with Crippen molar-refractivity contribution >= 4 is 34.9 Å². The lowest BCUT2D eigenvalue weighted by molar-refractivity contribution is -0.186. The molecule has 0 unspecified atom stereocenters. The molecule has 0 spiro atoms. The fourth-order valence-electron chi connectivity index (χ4n) is 4.60. The number of aryl methyl sites for hydroxylation is 1. The number of alkyl halides is 3. The maximum atomic E-state index is 14.9. The van der Waals surface area contributed by atoms with Crippen molar-refractivity contribution in [3.63, 3.8) is 0 Å². The number of nitrogens with zero attached hydrogens (tertiary/aromatic N) is 1. The van der Waals surface area contributed by atoms with Crippen molar-refractivity contribution in [1.29, 1.82) is 0 Å². The lowest BCUT2D eigenvalue weighted by atomic mass is 9.72. The number of carbonyl (C=O) groups is 3. The van der Waals surface area contributed by atoms with Crippen LogP contribution in [0.15, 0.2) is 59.8 Å². The van der Waals surface area contributed by atoms with Crippen LogP contribution in [0.5, 0.6) is 0 Å². The molecular weight excluding hydrogens is 469 g/mol. The second kappa shape index (κ2) is 7.98. The summed E-state index contributed by atoms with van der Waals surface area (Å²) in [6, 6.07) is 11.9. The van der Waals surface area contributed by atoms with Crippen molar-refractivity contribution in [2.24, 2.45) is 5.41 Å². The van der Waals surface area contributed by atoms with Crippen molar-refractivity contribution in [3.05, 3.63) is 76.0 Å². The lowest BCUT2D eigenvalue weighted by Crippen LogP contribution is -2.66. The number of nitrogens with one attached hydrogen (secondary N) is 1. The molecule has 34 heavy (non-hydrogen) atoms. The average Bonchev–Trinajstić information content (AvgIpc) is 2.96. The molecule has 0 aromatic heterocycles. The molecule has 2 amide bonds. The van der Waals surface area contributed by atoms with Crippen molar-refractivity contribution < 1.29 is 27.6 Å². The Morgan fingerprint density at radius 1 is 1.03 bits per heavy atom. The Kier molecular flexibility index (Phi) is 5.63. The maximum absolute atomic E-state index is 14.9. The maximum Gasteiger partial charge on any atom is 0.425 e. The number of halogens is 4. The van der Waals surface area contributed by atoms with Gasteiger partial charge in [-0.3, -0.25) is 19.3 Å². The third-order valence-electron chi connectivity index (χ3n) is 6.16. The number of hydrogen-bond donors (Lipinski definition) is 1. The van der Waals surface area contributed by atoms with Crippen LogP contribution in [-0.2, 0) is 9.59 Å². The zero-order valence-electron chi connectivity index (χ0n) is 18.7. The van der Waals surface area contributed by atoms with Crippen LogP contribution in [0.3, 0.4) is 0 Å². The molecule has 9 heteroatoms. The SMILES string of the molecule is Cc1ccc(N2C(=O)[C@](NC(=O)c3ccccc3Cl)(C(F)(F)F)C3=C2CC(C)(C)CC3=O)cc1. The van der Waals surface area contributed by atoms with Gasteiger partial charge in [-0.2, -0.15) is 13.2 Å². The minimum atomic E-state index is -5.29. The summed E-state index contributed by atoms with van der Waals surface area (Å²) in [7, 11) is 0. The zero-order valence-corrected chi connectivity index (χ0v) is 19.5. The van der Waals surface area contributed by atoms with E-state index in [0.29, 0.717) is 0 Å². The number of amides is 2. The van der Waals surface area contributed by atoms with Crippen molar-refractivity contribution in [3.8, 4) is 0 Å². The summed E-state index contributed by atoms with van der Waals surface area (Å²) in [6.45, 7) is 5.31. The van der Waals surface area contributed by atoms with Crippen molar-refractivity contribution in [2.75, 3.05) is 4.90 Å². The number of ketones is 1. The monoisotopic (exact) mass is 490 g/mol. The van der Waals surface area contributed by atoms with Gasteiger partial charge in [-0.1, -0.05) is 55.3 Å². The van der Waals surface area contributed by atoms with E-state index in [4.69, 9.17) is 11.6 Å². The largest absolute Gasteiger partial charge is 0.425 e. The predicted molar refractivity (Wildman–Crippen MR) is 121 cm³/mol. The third-order valence-corrected chi connectivity index (χ3v) is 6.49. The van der Waals surface area contributed by atoms with Crippen LogP contribution in [0.25, 0.3) is 0 Å².